The van der Waals surface area contributed by atoms with Crippen LogP contribution in [0.4, 0.5) is 0 Å². The topological polar surface area (TPSA) is 26.9 Å². The molecule has 0 aliphatic carbocycles. The van der Waals surface area contributed by atoms with Crippen molar-refractivity contribution < 1.29 is 0 Å². The van der Waals surface area contributed by atoms with Crippen LogP contribution >= 0.6 is 23.4 Å². The molecule has 0 unspecified atom stereocenters. The molecule has 26 heavy (non-hydrogen) atoms. The van der Waals surface area contributed by atoms with Crippen molar-refractivity contribution in [3.8, 4) is 16.8 Å². The fraction of sp³-hybridized carbons (Fsp3) is 0.0952. The summed E-state index contributed by atoms with van der Waals surface area (Å²) in [5.41, 5.74) is 3.66. The van der Waals surface area contributed by atoms with Crippen molar-refractivity contribution in [2.75, 3.05) is 6.26 Å². The smallest absolute Gasteiger partial charge is 0.279 e. The number of fused-ring (bicyclic) bond motifs is 1. The molecule has 5 heteroatoms. The van der Waals surface area contributed by atoms with E-state index in [9.17, 15) is 4.79 Å². The molecule has 1 heterocycles. The summed E-state index contributed by atoms with van der Waals surface area (Å²) in [5, 5.41) is 1.40. The van der Waals surface area contributed by atoms with Gasteiger partial charge in [0.1, 0.15) is 0 Å². The third-order valence-corrected chi connectivity index (χ3v) is 5.50. The molecule has 0 fully saturated rings. The summed E-state index contributed by atoms with van der Waals surface area (Å²) in [6.07, 6.45) is 2.04. The Labute approximate surface area is 160 Å². The summed E-state index contributed by atoms with van der Waals surface area (Å²) >= 11 is 7.71. The molecule has 0 saturated heterocycles. The van der Waals surface area contributed by atoms with Gasteiger partial charge in [0.2, 0.25) is 0 Å². The van der Waals surface area contributed by atoms with Crippen LogP contribution in [0.5, 0.6) is 0 Å². The highest BCUT2D eigenvalue weighted by Gasteiger charge is 2.18. The van der Waals surface area contributed by atoms with Gasteiger partial charge in [-0.05, 0) is 53.8 Å². The normalized spacial score (nSPS) is 11.2. The highest BCUT2D eigenvalue weighted by molar-refractivity contribution is 7.98. The van der Waals surface area contributed by atoms with Crippen LogP contribution < -0.4 is 5.56 Å². The molecule has 4 aromatic rings. The number of thioether (sulfide) groups is 1. The quantitative estimate of drug-likeness (QED) is 0.446. The Bertz CT molecular complexity index is 1140. The predicted molar refractivity (Wildman–Crippen MR) is 111 cm³/mol. The van der Waals surface area contributed by atoms with E-state index in [1.807, 2.05) is 72.6 Å². The van der Waals surface area contributed by atoms with Crippen LogP contribution in [0.15, 0.2) is 76.4 Å². The molecule has 4 rings (SSSR count). The Balaban J connectivity index is 2.10. The van der Waals surface area contributed by atoms with E-state index in [-0.39, 0.29) is 5.56 Å². The molecule has 0 saturated carbocycles. The molecule has 3 nitrogen and oxygen atoms in total. The van der Waals surface area contributed by atoms with Gasteiger partial charge in [-0.2, -0.15) is 0 Å². The molecule has 0 amide bonds. The SMILES string of the molecule is CSc1cc(-c2ccc(Cl)cc2)c2c(=O)n(-c3ccccc3)n(C)c2c1. The average molecular weight is 381 g/mol. The number of rotatable bonds is 3. The molecule has 130 valence electrons. The molecule has 0 atom stereocenters. The maximum atomic E-state index is 13.3. The first kappa shape index (κ1) is 17.0. The first-order valence-electron chi connectivity index (χ1n) is 8.21. The Hall–Kier alpha value is -2.43. The number of nitrogens with zero attached hydrogens (tertiary/aromatic N) is 2. The number of aromatic nitrogens is 2. The van der Waals surface area contributed by atoms with Gasteiger partial charge >= 0.3 is 0 Å². The summed E-state index contributed by atoms with van der Waals surface area (Å²) in [6.45, 7) is 0. The molecule has 0 aliphatic rings. The van der Waals surface area contributed by atoms with E-state index >= 15 is 0 Å². The van der Waals surface area contributed by atoms with E-state index in [2.05, 4.69) is 12.1 Å². The third-order valence-electron chi connectivity index (χ3n) is 4.54. The standard InChI is InChI=1S/C21H17ClN2OS/c1-23-19-13-17(26-2)12-18(14-8-10-15(22)11-9-14)20(19)21(25)24(23)16-6-4-3-5-7-16/h3-13H,1-2H3. The van der Waals surface area contributed by atoms with Crippen molar-refractivity contribution in [2.45, 2.75) is 4.90 Å². The Kier molecular flexibility index (Phi) is 4.39. The van der Waals surface area contributed by atoms with Crippen molar-refractivity contribution in [2.24, 2.45) is 7.05 Å². The van der Waals surface area contributed by atoms with E-state index in [1.54, 1.807) is 16.4 Å². The summed E-state index contributed by atoms with van der Waals surface area (Å²) in [7, 11) is 1.92. The van der Waals surface area contributed by atoms with E-state index in [0.717, 1.165) is 32.6 Å². The third kappa shape index (κ3) is 2.75. The van der Waals surface area contributed by atoms with Gasteiger partial charge in [0.25, 0.3) is 5.56 Å². The second-order valence-electron chi connectivity index (χ2n) is 6.05. The maximum absolute atomic E-state index is 13.3. The van der Waals surface area contributed by atoms with Crippen molar-refractivity contribution in [3.63, 3.8) is 0 Å². The lowest BCUT2D eigenvalue weighted by Crippen LogP contribution is -2.19. The number of hydrogen-bond donors (Lipinski definition) is 0. The molecular formula is C21H17ClN2OS. The monoisotopic (exact) mass is 380 g/mol. The van der Waals surface area contributed by atoms with Gasteiger partial charge in [0, 0.05) is 17.0 Å². The van der Waals surface area contributed by atoms with E-state index < -0.39 is 0 Å². The minimum absolute atomic E-state index is 0.0219. The first-order valence-corrected chi connectivity index (χ1v) is 9.81. The molecule has 0 N–H and O–H groups in total. The Morgan fingerprint density at radius 1 is 0.962 bits per heavy atom. The summed E-state index contributed by atoms with van der Waals surface area (Å²) in [5.74, 6) is 0. The van der Waals surface area contributed by atoms with Gasteiger partial charge < -0.3 is 0 Å². The second kappa shape index (κ2) is 6.71. The van der Waals surface area contributed by atoms with Crippen LogP contribution in [0, 0.1) is 0 Å². The summed E-state index contributed by atoms with van der Waals surface area (Å²) < 4.78 is 3.64. The zero-order valence-electron chi connectivity index (χ0n) is 14.4. The zero-order valence-corrected chi connectivity index (χ0v) is 16.0. The highest BCUT2D eigenvalue weighted by atomic mass is 35.5. The fourth-order valence-corrected chi connectivity index (χ4v) is 3.86. The number of aryl methyl sites for hydroxylation is 1. The van der Waals surface area contributed by atoms with Gasteiger partial charge in [-0.25, -0.2) is 4.68 Å². The van der Waals surface area contributed by atoms with Crippen LogP contribution in [-0.4, -0.2) is 15.6 Å². The molecule has 0 aliphatic heterocycles. The minimum atomic E-state index is -0.0219. The number of para-hydroxylation sites is 1. The van der Waals surface area contributed by atoms with E-state index in [4.69, 9.17) is 11.6 Å². The van der Waals surface area contributed by atoms with Crippen molar-refractivity contribution in [1.29, 1.82) is 0 Å². The van der Waals surface area contributed by atoms with Crippen molar-refractivity contribution in [3.05, 3.63) is 82.1 Å². The Morgan fingerprint density at radius 3 is 2.31 bits per heavy atom. The van der Waals surface area contributed by atoms with Crippen LogP contribution in [-0.2, 0) is 7.05 Å². The number of hydrogen-bond acceptors (Lipinski definition) is 2. The average Bonchev–Trinajstić information content (AvgIpc) is 2.93. The molecule has 0 bridgehead atoms. The van der Waals surface area contributed by atoms with Crippen molar-refractivity contribution in [1.82, 2.24) is 9.36 Å². The lowest BCUT2D eigenvalue weighted by atomic mass is 10.0. The van der Waals surface area contributed by atoms with E-state index in [1.165, 1.54) is 0 Å². The lowest BCUT2D eigenvalue weighted by molar-refractivity contribution is 0.666. The number of benzene rings is 3. The van der Waals surface area contributed by atoms with Gasteiger partial charge in [-0.3, -0.25) is 9.48 Å². The van der Waals surface area contributed by atoms with Gasteiger partial charge in [0.05, 0.1) is 16.6 Å². The summed E-state index contributed by atoms with van der Waals surface area (Å²) in [6, 6.07) is 21.5. The van der Waals surface area contributed by atoms with Crippen LogP contribution in [0.3, 0.4) is 0 Å². The zero-order chi connectivity index (χ0) is 18.3. The lowest BCUT2D eigenvalue weighted by Gasteiger charge is -2.08. The summed E-state index contributed by atoms with van der Waals surface area (Å²) in [4.78, 5) is 14.4. The molecule has 0 spiro atoms. The van der Waals surface area contributed by atoms with Crippen LogP contribution in [0.25, 0.3) is 27.7 Å². The predicted octanol–water partition coefficient (Wildman–Crippen LogP) is 5.37. The molecular weight excluding hydrogens is 364 g/mol. The largest absolute Gasteiger partial charge is 0.280 e. The fourth-order valence-electron chi connectivity index (χ4n) is 3.27. The molecule has 1 aromatic heterocycles. The minimum Gasteiger partial charge on any atom is -0.280 e. The number of halogens is 1. The first-order chi connectivity index (χ1) is 12.6. The second-order valence-corrected chi connectivity index (χ2v) is 7.37. The molecule has 3 aromatic carbocycles. The maximum Gasteiger partial charge on any atom is 0.279 e. The Morgan fingerprint density at radius 2 is 1.65 bits per heavy atom. The van der Waals surface area contributed by atoms with Crippen LogP contribution in [0.1, 0.15) is 0 Å². The van der Waals surface area contributed by atoms with Crippen LogP contribution in [0.2, 0.25) is 5.02 Å². The molecule has 0 radical (unpaired) electrons. The van der Waals surface area contributed by atoms with Crippen molar-refractivity contribution >= 4 is 34.3 Å². The van der Waals surface area contributed by atoms with E-state index in [0.29, 0.717) is 5.02 Å². The van der Waals surface area contributed by atoms with Gasteiger partial charge in [-0.15, -0.1) is 11.8 Å². The van der Waals surface area contributed by atoms with Gasteiger partial charge in [0.15, 0.2) is 0 Å². The highest BCUT2D eigenvalue weighted by Crippen LogP contribution is 2.32. The van der Waals surface area contributed by atoms with Gasteiger partial charge in [-0.1, -0.05) is 41.9 Å².